The number of amides is 1. The molecule has 1 aliphatic rings. The second-order valence-electron chi connectivity index (χ2n) is 4.41. The predicted molar refractivity (Wildman–Crippen MR) is 71.1 cm³/mol. The Hall–Kier alpha value is -1.49. The summed E-state index contributed by atoms with van der Waals surface area (Å²) in [4.78, 5) is 23.5. The second kappa shape index (κ2) is 5.02. The highest BCUT2D eigenvalue weighted by atomic mass is 32.2. The molecule has 1 aliphatic heterocycles. The number of rotatable bonds is 3. The smallest absolute Gasteiger partial charge is 0.303 e. The fraction of sp³-hybridized carbons (Fsp3) is 0.385. The quantitative estimate of drug-likeness (QED) is 0.881. The van der Waals surface area contributed by atoms with Crippen molar-refractivity contribution in [2.45, 2.75) is 36.8 Å². The molecule has 1 amide bonds. The third kappa shape index (κ3) is 2.51. The maximum absolute atomic E-state index is 11.9. The maximum Gasteiger partial charge on any atom is 0.303 e. The number of carbonyl (C=O) groups is 2. The molecular formula is C13H15NO3S. The molecule has 96 valence electrons. The Morgan fingerprint density at radius 3 is 2.83 bits per heavy atom. The zero-order valence-corrected chi connectivity index (χ0v) is 11.1. The summed E-state index contributed by atoms with van der Waals surface area (Å²) in [6.45, 7) is 3.98. The van der Waals surface area contributed by atoms with E-state index in [1.54, 1.807) is 0 Å². The molecule has 5 heteroatoms. The van der Waals surface area contributed by atoms with Gasteiger partial charge in [0.1, 0.15) is 0 Å². The molecule has 2 rings (SSSR count). The van der Waals surface area contributed by atoms with Gasteiger partial charge in [-0.15, -0.1) is 11.8 Å². The van der Waals surface area contributed by atoms with Gasteiger partial charge in [0.05, 0.1) is 10.9 Å². The third-order valence-corrected chi connectivity index (χ3v) is 4.46. The molecule has 0 spiro atoms. The van der Waals surface area contributed by atoms with Crippen LogP contribution in [0.5, 0.6) is 0 Å². The van der Waals surface area contributed by atoms with Gasteiger partial charge in [-0.2, -0.15) is 0 Å². The molecule has 1 aromatic rings. The summed E-state index contributed by atoms with van der Waals surface area (Å²) >= 11 is 1.45. The monoisotopic (exact) mass is 265 g/mol. The van der Waals surface area contributed by atoms with Crippen LogP contribution in [0.4, 0.5) is 5.69 Å². The molecule has 0 aliphatic carbocycles. The second-order valence-corrected chi connectivity index (χ2v) is 5.65. The molecule has 0 radical (unpaired) electrons. The van der Waals surface area contributed by atoms with Gasteiger partial charge in [-0.25, -0.2) is 0 Å². The Balaban J connectivity index is 2.21. The van der Waals surface area contributed by atoms with Gasteiger partial charge in [0.2, 0.25) is 5.91 Å². The summed E-state index contributed by atoms with van der Waals surface area (Å²) in [5.41, 5.74) is 3.08. The lowest BCUT2D eigenvalue weighted by Gasteiger charge is -2.25. The van der Waals surface area contributed by atoms with E-state index in [1.807, 2.05) is 26.0 Å². The number of benzene rings is 1. The van der Waals surface area contributed by atoms with E-state index in [9.17, 15) is 9.59 Å². The lowest BCUT2D eigenvalue weighted by molar-refractivity contribution is -0.137. The molecule has 18 heavy (non-hydrogen) atoms. The molecule has 1 heterocycles. The Morgan fingerprint density at radius 1 is 1.44 bits per heavy atom. The fourth-order valence-corrected chi connectivity index (χ4v) is 3.08. The minimum Gasteiger partial charge on any atom is -0.481 e. The van der Waals surface area contributed by atoms with E-state index in [0.717, 1.165) is 21.7 Å². The van der Waals surface area contributed by atoms with Crippen molar-refractivity contribution in [2.75, 3.05) is 5.32 Å². The lowest BCUT2D eigenvalue weighted by atomic mass is 10.1. The van der Waals surface area contributed by atoms with Gasteiger partial charge >= 0.3 is 5.97 Å². The minimum absolute atomic E-state index is 0.0191. The largest absolute Gasteiger partial charge is 0.481 e. The number of nitrogens with one attached hydrogen (secondary N) is 1. The zero-order valence-electron chi connectivity index (χ0n) is 10.3. The highest BCUT2D eigenvalue weighted by molar-refractivity contribution is 8.01. The molecular weight excluding hydrogens is 250 g/mol. The van der Waals surface area contributed by atoms with Crippen LogP contribution in [0.3, 0.4) is 0 Å². The molecule has 0 bridgehead atoms. The molecule has 1 atom stereocenters. The summed E-state index contributed by atoms with van der Waals surface area (Å²) in [5, 5.41) is 11.2. The van der Waals surface area contributed by atoms with Crippen LogP contribution in [-0.4, -0.2) is 22.2 Å². The topological polar surface area (TPSA) is 66.4 Å². The lowest BCUT2D eigenvalue weighted by Crippen LogP contribution is -2.30. The van der Waals surface area contributed by atoms with Crippen molar-refractivity contribution in [2.24, 2.45) is 0 Å². The van der Waals surface area contributed by atoms with Crippen LogP contribution in [-0.2, 0) is 9.59 Å². The Kier molecular flexibility index (Phi) is 3.61. The van der Waals surface area contributed by atoms with Gasteiger partial charge in [0.25, 0.3) is 0 Å². The molecule has 0 aromatic heterocycles. The third-order valence-electron chi connectivity index (χ3n) is 3.13. The normalized spacial score (nSPS) is 18.1. The molecule has 4 nitrogen and oxygen atoms in total. The van der Waals surface area contributed by atoms with Crippen LogP contribution >= 0.6 is 11.8 Å². The summed E-state index contributed by atoms with van der Waals surface area (Å²) in [7, 11) is 0. The highest BCUT2D eigenvalue weighted by Gasteiger charge is 2.28. The van der Waals surface area contributed by atoms with Crippen molar-refractivity contribution in [1.29, 1.82) is 0 Å². The first kappa shape index (κ1) is 13.0. The minimum atomic E-state index is -0.866. The molecule has 2 N–H and O–H groups in total. The van der Waals surface area contributed by atoms with Gasteiger partial charge in [0, 0.05) is 11.3 Å². The zero-order chi connectivity index (χ0) is 13.3. The van der Waals surface area contributed by atoms with Crippen molar-refractivity contribution in [1.82, 2.24) is 0 Å². The summed E-state index contributed by atoms with van der Waals surface area (Å²) < 4.78 is 0. The fourth-order valence-electron chi connectivity index (χ4n) is 1.90. The van der Waals surface area contributed by atoms with E-state index >= 15 is 0 Å². The Labute approximate surface area is 110 Å². The Bertz CT molecular complexity index is 513. The first-order valence-electron chi connectivity index (χ1n) is 5.78. The number of aliphatic carboxylic acids is 1. The summed E-state index contributed by atoms with van der Waals surface area (Å²) in [6, 6.07) is 4.00. The number of anilines is 1. The number of carbonyl (C=O) groups excluding carboxylic acids is 1. The number of aryl methyl sites for hydroxylation is 1. The average Bonchev–Trinajstić information content (AvgIpc) is 2.32. The molecule has 0 saturated carbocycles. The number of fused-ring (bicyclic) bond motifs is 1. The van der Waals surface area contributed by atoms with E-state index in [2.05, 4.69) is 5.32 Å². The van der Waals surface area contributed by atoms with Gasteiger partial charge < -0.3 is 10.4 Å². The Morgan fingerprint density at radius 2 is 2.17 bits per heavy atom. The number of thioether (sulfide) groups is 1. The SMILES string of the molecule is Cc1ccc2c(c1C)NC(=O)C(CCC(=O)O)S2. The number of carboxylic acids is 1. The standard InChI is InChI=1S/C13H15NO3S/c1-7-3-4-9-12(8(7)2)14-13(17)10(18-9)5-6-11(15)16/h3-4,10H,5-6H2,1-2H3,(H,14,17)(H,15,16). The van der Waals surface area contributed by atoms with Crippen molar-refractivity contribution >= 4 is 29.3 Å². The van der Waals surface area contributed by atoms with Gasteiger partial charge in [-0.05, 0) is 37.5 Å². The van der Waals surface area contributed by atoms with Crippen LogP contribution in [0.2, 0.25) is 0 Å². The van der Waals surface area contributed by atoms with Crippen LogP contribution in [0.1, 0.15) is 24.0 Å². The van der Waals surface area contributed by atoms with Crippen LogP contribution in [0.25, 0.3) is 0 Å². The molecule has 1 aromatic carbocycles. The highest BCUT2D eigenvalue weighted by Crippen LogP contribution is 2.39. The van der Waals surface area contributed by atoms with Gasteiger partial charge in [0.15, 0.2) is 0 Å². The van der Waals surface area contributed by atoms with Gasteiger partial charge in [-0.3, -0.25) is 9.59 Å². The van der Waals surface area contributed by atoms with E-state index in [4.69, 9.17) is 5.11 Å². The maximum atomic E-state index is 11.9. The predicted octanol–water partition coefficient (Wildman–Crippen LogP) is 2.58. The van der Waals surface area contributed by atoms with Crippen molar-refractivity contribution in [3.63, 3.8) is 0 Å². The summed E-state index contributed by atoms with van der Waals surface area (Å²) in [6.07, 6.45) is 0.378. The van der Waals surface area contributed by atoms with E-state index in [1.165, 1.54) is 11.8 Å². The number of hydrogen-bond donors (Lipinski definition) is 2. The van der Waals surface area contributed by atoms with Gasteiger partial charge in [-0.1, -0.05) is 6.07 Å². The van der Waals surface area contributed by atoms with Crippen molar-refractivity contribution in [3.8, 4) is 0 Å². The van der Waals surface area contributed by atoms with Crippen LogP contribution in [0, 0.1) is 13.8 Å². The van der Waals surface area contributed by atoms with Crippen LogP contribution < -0.4 is 5.32 Å². The number of hydrogen-bond acceptors (Lipinski definition) is 3. The summed E-state index contributed by atoms with van der Waals surface area (Å²) in [5.74, 6) is -0.961. The average molecular weight is 265 g/mol. The number of carboxylic acid groups (broad SMARTS) is 1. The van der Waals surface area contributed by atoms with Crippen molar-refractivity contribution in [3.05, 3.63) is 23.3 Å². The molecule has 0 fully saturated rings. The van der Waals surface area contributed by atoms with Crippen LogP contribution in [0.15, 0.2) is 17.0 Å². The van der Waals surface area contributed by atoms with Crippen molar-refractivity contribution < 1.29 is 14.7 Å². The van der Waals surface area contributed by atoms with E-state index < -0.39 is 5.97 Å². The van der Waals surface area contributed by atoms with E-state index in [-0.39, 0.29) is 17.6 Å². The first-order valence-corrected chi connectivity index (χ1v) is 6.66. The first-order chi connectivity index (χ1) is 8.49. The van der Waals surface area contributed by atoms with E-state index in [0.29, 0.717) is 6.42 Å². The molecule has 1 unspecified atom stereocenters. The molecule has 0 saturated heterocycles.